The normalized spacial score (nSPS) is 11.5. The fourth-order valence-corrected chi connectivity index (χ4v) is 1.96. The van der Waals surface area contributed by atoms with Gasteiger partial charge in [-0.3, -0.25) is 4.79 Å². The first-order chi connectivity index (χ1) is 10.2. The smallest absolute Gasteiger partial charge is 0.345 e. The fourth-order valence-electron chi connectivity index (χ4n) is 1.96. The summed E-state index contributed by atoms with van der Waals surface area (Å²) < 4.78 is 39.0. The van der Waals surface area contributed by atoms with Crippen LogP contribution in [0.2, 0.25) is 0 Å². The summed E-state index contributed by atoms with van der Waals surface area (Å²) in [7, 11) is 0. The third-order valence-electron chi connectivity index (χ3n) is 3.03. The van der Waals surface area contributed by atoms with Gasteiger partial charge in [-0.25, -0.2) is 9.50 Å². The molecular formula is C13H12F3N5O. The molecule has 0 bridgehead atoms. The van der Waals surface area contributed by atoms with Crippen molar-refractivity contribution in [3.63, 3.8) is 0 Å². The molecule has 0 fully saturated rings. The first-order valence-corrected chi connectivity index (χ1v) is 6.24. The van der Waals surface area contributed by atoms with E-state index in [1.165, 1.54) is 0 Å². The van der Waals surface area contributed by atoms with Crippen molar-refractivity contribution in [3.05, 3.63) is 22.8 Å². The van der Waals surface area contributed by atoms with Crippen LogP contribution in [0, 0.1) is 26.2 Å². The van der Waals surface area contributed by atoms with E-state index in [9.17, 15) is 18.0 Å². The van der Waals surface area contributed by atoms with Gasteiger partial charge < -0.3 is 5.32 Å². The molecule has 2 rings (SSSR count). The Labute approximate surface area is 123 Å². The maximum absolute atomic E-state index is 12.7. The van der Waals surface area contributed by atoms with Crippen LogP contribution in [-0.4, -0.2) is 32.0 Å². The van der Waals surface area contributed by atoms with Gasteiger partial charge in [0.1, 0.15) is 0 Å². The molecule has 2 aromatic rings. The lowest BCUT2D eigenvalue weighted by molar-refractivity contribution is -0.144. The molecule has 0 spiro atoms. The van der Waals surface area contributed by atoms with Gasteiger partial charge in [-0.1, -0.05) is 5.92 Å². The largest absolute Gasteiger partial charge is 0.453 e. The summed E-state index contributed by atoms with van der Waals surface area (Å²) in [5, 5.41) is 5.89. The van der Waals surface area contributed by atoms with E-state index in [2.05, 4.69) is 26.3 Å². The molecule has 6 nitrogen and oxygen atoms in total. The quantitative estimate of drug-likeness (QED) is 0.860. The third kappa shape index (κ3) is 3.00. The molecule has 0 saturated carbocycles. The van der Waals surface area contributed by atoms with Gasteiger partial charge in [-0.15, -0.1) is 11.5 Å². The number of carbonyl (C=O) groups excluding carboxylic acids is 1. The number of hydrogen-bond donors (Lipinski definition) is 1. The second-order valence-corrected chi connectivity index (χ2v) is 4.56. The maximum atomic E-state index is 12.7. The Kier molecular flexibility index (Phi) is 4.03. The van der Waals surface area contributed by atoms with Gasteiger partial charge in [-0.2, -0.15) is 18.2 Å². The summed E-state index contributed by atoms with van der Waals surface area (Å²) >= 11 is 0. The molecule has 0 radical (unpaired) electrons. The highest BCUT2D eigenvalue weighted by Crippen LogP contribution is 2.27. The lowest BCUT2D eigenvalue weighted by Gasteiger charge is -2.09. The molecule has 0 saturated heterocycles. The molecule has 0 aliphatic carbocycles. The minimum atomic E-state index is -4.65. The van der Waals surface area contributed by atoms with Gasteiger partial charge in [-0.05, 0) is 13.8 Å². The highest BCUT2D eigenvalue weighted by molar-refractivity contribution is 5.79. The molecular weight excluding hydrogens is 299 g/mol. The Hall–Kier alpha value is -2.63. The van der Waals surface area contributed by atoms with Crippen molar-refractivity contribution in [1.82, 2.24) is 24.9 Å². The van der Waals surface area contributed by atoms with Gasteiger partial charge in [0.25, 0.3) is 11.6 Å². The Balaban J connectivity index is 2.44. The summed E-state index contributed by atoms with van der Waals surface area (Å²) in [5.41, 5.74) is 1.28. The van der Waals surface area contributed by atoms with Gasteiger partial charge in [0.15, 0.2) is 0 Å². The van der Waals surface area contributed by atoms with Crippen LogP contribution in [0.5, 0.6) is 0 Å². The Bertz CT molecular complexity index is 773. The van der Waals surface area contributed by atoms with Crippen LogP contribution in [0.4, 0.5) is 13.2 Å². The lowest BCUT2D eigenvalue weighted by atomic mass is 10.1. The van der Waals surface area contributed by atoms with Crippen LogP contribution in [0.1, 0.15) is 22.8 Å². The number of nitrogens with one attached hydrogen (secondary N) is 1. The third-order valence-corrected chi connectivity index (χ3v) is 3.03. The van der Waals surface area contributed by atoms with Crippen LogP contribution < -0.4 is 5.32 Å². The van der Waals surface area contributed by atoms with E-state index in [0.29, 0.717) is 17.0 Å². The average Bonchev–Trinajstić information content (AvgIpc) is 2.85. The minimum Gasteiger partial charge on any atom is -0.345 e. The van der Waals surface area contributed by atoms with Crippen LogP contribution in [0.15, 0.2) is 0 Å². The number of hydrogen-bond acceptors (Lipinski definition) is 4. The summed E-state index contributed by atoms with van der Waals surface area (Å²) in [4.78, 5) is 19.1. The first-order valence-electron chi connectivity index (χ1n) is 6.24. The molecule has 0 atom stereocenters. The summed E-state index contributed by atoms with van der Waals surface area (Å²) in [6, 6.07) is 0. The molecule has 2 aromatic heterocycles. The van der Waals surface area contributed by atoms with Crippen molar-refractivity contribution in [2.45, 2.75) is 26.4 Å². The second kappa shape index (κ2) is 5.63. The maximum Gasteiger partial charge on any atom is 0.453 e. The number of nitrogens with zero attached hydrogens (tertiary/aromatic N) is 4. The molecule has 0 aliphatic heterocycles. The zero-order valence-corrected chi connectivity index (χ0v) is 11.8. The number of amides is 1. The monoisotopic (exact) mass is 311 g/mol. The minimum absolute atomic E-state index is 0.0521. The highest BCUT2D eigenvalue weighted by atomic mass is 19.4. The Morgan fingerprint density at radius 3 is 2.64 bits per heavy atom. The van der Waals surface area contributed by atoms with Crippen molar-refractivity contribution in [1.29, 1.82) is 0 Å². The van der Waals surface area contributed by atoms with Crippen LogP contribution >= 0.6 is 0 Å². The van der Waals surface area contributed by atoms with Crippen molar-refractivity contribution < 1.29 is 18.0 Å². The standard InChI is InChI=1S/C13H12F3N5O/c1-4-5-17-10(22)6-9-7(2)18-12-19-11(13(14,15)16)20-21(12)8(9)3/h1H,5-6H2,2-3H3,(H,17,22). The van der Waals surface area contributed by atoms with Crippen LogP contribution in [0.25, 0.3) is 5.78 Å². The first kappa shape index (κ1) is 15.8. The van der Waals surface area contributed by atoms with Gasteiger partial charge >= 0.3 is 6.18 Å². The zero-order valence-electron chi connectivity index (χ0n) is 11.8. The average molecular weight is 311 g/mol. The predicted octanol–water partition coefficient (Wildman–Crippen LogP) is 1.05. The SMILES string of the molecule is C#CCNC(=O)Cc1c(C)nc2nc(C(F)(F)F)nn2c1C. The van der Waals surface area contributed by atoms with Crippen LogP contribution in [-0.2, 0) is 17.4 Å². The lowest BCUT2D eigenvalue weighted by Crippen LogP contribution is -2.26. The number of fused-ring (bicyclic) bond motifs is 1. The summed E-state index contributed by atoms with van der Waals surface area (Å²) in [6.07, 6.45) is 0.335. The van der Waals surface area contributed by atoms with E-state index < -0.39 is 12.0 Å². The molecule has 22 heavy (non-hydrogen) atoms. The fraction of sp³-hybridized carbons (Fsp3) is 0.385. The molecule has 2 heterocycles. The number of carbonyl (C=O) groups is 1. The van der Waals surface area contributed by atoms with E-state index >= 15 is 0 Å². The number of alkyl halides is 3. The van der Waals surface area contributed by atoms with Crippen molar-refractivity contribution in [2.24, 2.45) is 0 Å². The van der Waals surface area contributed by atoms with E-state index in [-0.39, 0.29) is 24.7 Å². The Morgan fingerprint density at radius 2 is 2.05 bits per heavy atom. The van der Waals surface area contributed by atoms with Crippen LogP contribution in [0.3, 0.4) is 0 Å². The zero-order chi connectivity index (χ0) is 16.5. The molecule has 0 aromatic carbocycles. The number of terminal acetylenes is 1. The molecule has 9 heteroatoms. The van der Waals surface area contributed by atoms with Gasteiger partial charge in [0, 0.05) is 17.0 Å². The molecule has 1 N–H and O–H groups in total. The molecule has 0 aliphatic rings. The van der Waals surface area contributed by atoms with E-state index in [4.69, 9.17) is 6.42 Å². The number of aryl methyl sites for hydroxylation is 2. The van der Waals surface area contributed by atoms with E-state index in [0.717, 1.165) is 4.52 Å². The van der Waals surface area contributed by atoms with E-state index in [1.54, 1.807) is 13.8 Å². The number of halogens is 3. The summed E-state index contributed by atoms with van der Waals surface area (Å²) in [5.74, 6) is 0.493. The summed E-state index contributed by atoms with van der Waals surface area (Å²) in [6.45, 7) is 3.23. The Morgan fingerprint density at radius 1 is 1.36 bits per heavy atom. The highest BCUT2D eigenvalue weighted by Gasteiger charge is 2.37. The second-order valence-electron chi connectivity index (χ2n) is 4.56. The van der Waals surface area contributed by atoms with Crippen molar-refractivity contribution in [2.75, 3.05) is 6.54 Å². The predicted molar refractivity (Wildman–Crippen MR) is 70.8 cm³/mol. The van der Waals surface area contributed by atoms with E-state index in [1.807, 2.05) is 0 Å². The van der Waals surface area contributed by atoms with Gasteiger partial charge in [0.05, 0.1) is 13.0 Å². The number of rotatable bonds is 3. The van der Waals surface area contributed by atoms with Gasteiger partial charge in [0.2, 0.25) is 5.91 Å². The van der Waals surface area contributed by atoms with Crippen molar-refractivity contribution in [3.8, 4) is 12.3 Å². The van der Waals surface area contributed by atoms with Crippen molar-refractivity contribution >= 4 is 11.7 Å². The molecule has 0 unspecified atom stereocenters. The topological polar surface area (TPSA) is 72.2 Å². The number of aromatic nitrogens is 4. The molecule has 116 valence electrons. The molecule has 1 amide bonds.